The number of hydrogen-bond acceptors (Lipinski definition) is 4. The third kappa shape index (κ3) is 5.31. The van der Waals surface area contributed by atoms with Gasteiger partial charge in [0.2, 0.25) is 11.8 Å². The lowest BCUT2D eigenvalue weighted by Crippen LogP contribution is -2.23. The number of primary amides is 1. The molecular weight excluding hydrogens is 280 g/mol. The number of nitrogens with one attached hydrogen (secondary N) is 1. The van der Waals surface area contributed by atoms with Crippen molar-refractivity contribution >= 4 is 35.2 Å². The third-order valence-electron chi connectivity index (χ3n) is 2.49. The number of carbonyl (C=O) groups excluding carboxylic acids is 2. The number of benzene rings is 1. The average molecular weight is 296 g/mol. The minimum Gasteiger partial charge on any atom is -0.481 e. The largest absolute Gasteiger partial charge is 0.481 e. The van der Waals surface area contributed by atoms with Crippen molar-refractivity contribution in [1.82, 2.24) is 0 Å². The van der Waals surface area contributed by atoms with Gasteiger partial charge in [0, 0.05) is 17.0 Å². The van der Waals surface area contributed by atoms with Gasteiger partial charge in [-0.1, -0.05) is 0 Å². The molecule has 0 fully saturated rings. The summed E-state index contributed by atoms with van der Waals surface area (Å²) in [5, 5.41) is 10.8. The summed E-state index contributed by atoms with van der Waals surface area (Å²) < 4.78 is 0. The molecule has 0 radical (unpaired) electrons. The minimum absolute atomic E-state index is 0.0234. The molecule has 6 nitrogen and oxygen atoms in total. The van der Waals surface area contributed by atoms with Gasteiger partial charge >= 0.3 is 5.97 Å². The molecule has 0 aliphatic rings. The molecule has 0 aliphatic heterocycles. The molecule has 1 rings (SSSR count). The number of carbonyl (C=O) groups is 3. The fourth-order valence-corrected chi connectivity index (χ4v) is 2.22. The number of amides is 2. The van der Waals surface area contributed by atoms with Gasteiger partial charge in [0.1, 0.15) is 0 Å². The molecule has 0 spiro atoms. The Hall–Kier alpha value is -2.02. The molecule has 1 atom stereocenters. The Bertz CT molecular complexity index is 502. The lowest BCUT2D eigenvalue weighted by molar-refractivity contribution is -0.136. The lowest BCUT2D eigenvalue weighted by Gasteiger charge is -2.11. The summed E-state index contributed by atoms with van der Waals surface area (Å²) in [7, 11) is 0. The quantitative estimate of drug-likeness (QED) is 0.703. The Morgan fingerprint density at radius 1 is 1.30 bits per heavy atom. The zero-order chi connectivity index (χ0) is 15.1. The second kappa shape index (κ2) is 7.54. The normalized spacial score (nSPS) is 11.7. The molecule has 1 aromatic rings. The zero-order valence-corrected chi connectivity index (χ0v) is 11.8. The van der Waals surface area contributed by atoms with Gasteiger partial charge in [-0.2, -0.15) is 0 Å². The number of carboxylic acid groups (broad SMARTS) is 1. The molecule has 2 amide bonds. The van der Waals surface area contributed by atoms with Crippen molar-refractivity contribution in [3.63, 3.8) is 0 Å². The maximum atomic E-state index is 11.8. The molecule has 0 unspecified atom stereocenters. The van der Waals surface area contributed by atoms with Crippen LogP contribution in [-0.4, -0.2) is 33.9 Å². The van der Waals surface area contributed by atoms with Gasteiger partial charge in [0.05, 0.1) is 11.7 Å². The smallest absolute Gasteiger partial charge is 0.304 e. The van der Waals surface area contributed by atoms with E-state index in [4.69, 9.17) is 10.8 Å². The van der Waals surface area contributed by atoms with E-state index in [1.165, 1.54) is 23.9 Å². The van der Waals surface area contributed by atoms with E-state index in [1.54, 1.807) is 19.1 Å². The predicted octanol–water partition coefficient (Wildman–Crippen LogP) is 1.32. The van der Waals surface area contributed by atoms with E-state index >= 15 is 0 Å². The van der Waals surface area contributed by atoms with Crippen LogP contribution in [0.3, 0.4) is 0 Å². The van der Waals surface area contributed by atoms with Crippen molar-refractivity contribution in [2.75, 3.05) is 11.1 Å². The van der Waals surface area contributed by atoms with Crippen LogP contribution in [0.25, 0.3) is 0 Å². The van der Waals surface area contributed by atoms with Gasteiger partial charge in [0.25, 0.3) is 0 Å². The molecule has 20 heavy (non-hydrogen) atoms. The van der Waals surface area contributed by atoms with E-state index in [0.717, 1.165) is 0 Å². The summed E-state index contributed by atoms with van der Waals surface area (Å²) in [5.74, 6) is -1.25. The first-order valence-electron chi connectivity index (χ1n) is 5.94. The highest BCUT2D eigenvalue weighted by Crippen LogP contribution is 2.15. The van der Waals surface area contributed by atoms with Gasteiger partial charge < -0.3 is 16.2 Å². The van der Waals surface area contributed by atoms with Crippen LogP contribution < -0.4 is 11.1 Å². The molecule has 0 aromatic heterocycles. The van der Waals surface area contributed by atoms with E-state index in [1.807, 2.05) is 0 Å². The van der Waals surface area contributed by atoms with Gasteiger partial charge in [-0.25, -0.2) is 0 Å². The van der Waals surface area contributed by atoms with E-state index in [9.17, 15) is 14.4 Å². The van der Waals surface area contributed by atoms with E-state index in [0.29, 0.717) is 17.0 Å². The number of thioether (sulfide) groups is 1. The summed E-state index contributed by atoms with van der Waals surface area (Å²) in [6.07, 6.45) is 0.0234. The van der Waals surface area contributed by atoms with Gasteiger partial charge in [-0.3, -0.25) is 14.4 Å². The van der Waals surface area contributed by atoms with Crippen molar-refractivity contribution in [2.24, 2.45) is 5.73 Å². The molecule has 0 heterocycles. The van der Waals surface area contributed by atoms with Gasteiger partial charge in [-0.15, -0.1) is 11.8 Å². The Labute approximate surface area is 120 Å². The Morgan fingerprint density at radius 3 is 2.40 bits per heavy atom. The number of hydrogen-bond donors (Lipinski definition) is 3. The van der Waals surface area contributed by atoms with Gasteiger partial charge in [-0.05, 0) is 31.2 Å². The molecular formula is C13H16N2O4S. The van der Waals surface area contributed by atoms with Crippen molar-refractivity contribution in [3.05, 3.63) is 29.8 Å². The van der Waals surface area contributed by atoms with Crippen LogP contribution in [-0.2, 0) is 9.59 Å². The summed E-state index contributed by atoms with van der Waals surface area (Å²) >= 11 is 1.27. The molecule has 108 valence electrons. The molecule has 7 heteroatoms. The monoisotopic (exact) mass is 296 g/mol. The Kier molecular flexibility index (Phi) is 6.05. The fourth-order valence-electron chi connectivity index (χ4n) is 1.36. The number of aliphatic carboxylic acids is 1. The van der Waals surface area contributed by atoms with Crippen LogP contribution >= 0.6 is 11.8 Å². The SMILES string of the molecule is C[C@H](SCCC(=O)O)C(=O)Nc1ccc(C(N)=O)cc1. The van der Waals surface area contributed by atoms with E-state index < -0.39 is 11.9 Å². The molecule has 0 saturated heterocycles. The van der Waals surface area contributed by atoms with Crippen LogP contribution in [0.1, 0.15) is 23.7 Å². The molecule has 0 saturated carbocycles. The van der Waals surface area contributed by atoms with Crippen molar-refractivity contribution in [2.45, 2.75) is 18.6 Å². The standard InChI is InChI=1S/C13H16N2O4S/c1-8(20-7-6-11(16)17)13(19)15-10-4-2-9(3-5-10)12(14)18/h2-5,8H,6-7H2,1H3,(H2,14,18)(H,15,19)(H,16,17)/t8-/m0/s1. The highest BCUT2D eigenvalue weighted by Gasteiger charge is 2.14. The number of carboxylic acids is 1. The Morgan fingerprint density at radius 2 is 1.90 bits per heavy atom. The molecule has 0 bridgehead atoms. The second-order valence-electron chi connectivity index (χ2n) is 4.09. The molecule has 0 aliphatic carbocycles. The lowest BCUT2D eigenvalue weighted by atomic mass is 10.2. The van der Waals surface area contributed by atoms with E-state index in [2.05, 4.69) is 5.32 Å². The van der Waals surface area contributed by atoms with Crippen LogP contribution in [0.15, 0.2) is 24.3 Å². The number of nitrogens with two attached hydrogens (primary N) is 1. The number of anilines is 1. The molecule has 4 N–H and O–H groups in total. The Balaban J connectivity index is 2.48. The van der Waals surface area contributed by atoms with Crippen molar-refractivity contribution < 1.29 is 19.5 Å². The maximum Gasteiger partial charge on any atom is 0.304 e. The first-order valence-corrected chi connectivity index (χ1v) is 6.99. The molecule has 1 aromatic carbocycles. The van der Waals surface area contributed by atoms with Crippen LogP contribution in [0.4, 0.5) is 5.69 Å². The summed E-state index contributed by atoms with van der Waals surface area (Å²) in [6.45, 7) is 1.71. The topological polar surface area (TPSA) is 109 Å². The average Bonchev–Trinajstić information content (AvgIpc) is 2.38. The van der Waals surface area contributed by atoms with Crippen LogP contribution in [0.5, 0.6) is 0 Å². The number of rotatable bonds is 7. The maximum absolute atomic E-state index is 11.8. The summed E-state index contributed by atoms with van der Waals surface area (Å²) in [4.78, 5) is 33.1. The highest BCUT2D eigenvalue weighted by atomic mass is 32.2. The second-order valence-corrected chi connectivity index (χ2v) is 5.54. The third-order valence-corrected chi connectivity index (χ3v) is 3.64. The van der Waals surface area contributed by atoms with Crippen LogP contribution in [0, 0.1) is 0 Å². The fraction of sp³-hybridized carbons (Fsp3) is 0.308. The first kappa shape index (κ1) is 16.0. The van der Waals surface area contributed by atoms with Crippen LogP contribution in [0.2, 0.25) is 0 Å². The predicted molar refractivity (Wildman–Crippen MR) is 77.8 cm³/mol. The summed E-state index contributed by atoms with van der Waals surface area (Å²) in [6, 6.07) is 6.24. The first-order chi connectivity index (χ1) is 9.40. The highest BCUT2D eigenvalue weighted by molar-refractivity contribution is 8.00. The van der Waals surface area contributed by atoms with Crippen molar-refractivity contribution in [1.29, 1.82) is 0 Å². The zero-order valence-electron chi connectivity index (χ0n) is 11.0. The van der Waals surface area contributed by atoms with Crippen molar-refractivity contribution in [3.8, 4) is 0 Å². The van der Waals surface area contributed by atoms with E-state index in [-0.39, 0.29) is 17.6 Å². The van der Waals surface area contributed by atoms with Gasteiger partial charge in [0.15, 0.2) is 0 Å². The minimum atomic E-state index is -0.882. The summed E-state index contributed by atoms with van der Waals surface area (Å²) in [5.41, 5.74) is 6.04.